The van der Waals surface area contributed by atoms with E-state index >= 15 is 0 Å². The lowest BCUT2D eigenvalue weighted by atomic mass is 10.0. The maximum absolute atomic E-state index is 13.1. The number of benzene rings is 1. The Bertz CT molecular complexity index is 961. The Morgan fingerprint density at radius 1 is 1.18 bits per heavy atom. The van der Waals surface area contributed by atoms with E-state index in [0.29, 0.717) is 42.2 Å². The van der Waals surface area contributed by atoms with E-state index in [1.165, 1.54) is 23.5 Å². The SMILES string of the molecule is O=C(NC1CCN(C(=O)c2cc(-c3ccc(F)cc3)n[nH]2)CC1)c1cccs1. The van der Waals surface area contributed by atoms with Gasteiger partial charge in [0.2, 0.25) is 0 Å². The van der Waals surface area contributed by atoms with Crippen LogP contribution in [-0.2, 0) is 0 Å². The molecule has 1 aromatic carbocycles. The van der Waals surface area contributed by atoms with Crippen LogP contribution < -0.4 is 5.32 Å². The fraction of sp³-hybridized carbons (Fsp3) is 0.250. The maximum atomic E-state index is 13.1. The summed E-state index contributed by atoms with van der Waals surface area (Å²) in [4.78, 5) is 27.3. The molecule has 3 aromatic rings. The number of aromatic amines is 1. The molecule has 1 aliphatic rings. The molecule has 0 unspecified atom stereocenters. The summed E-state index contributed by atoms with van der Waals surface area (Å²) < 4.78 is 13.1. The van der Waals surface area contributed by atoms with Crippen LogP contribution in [0.4, 0.5) is 4.39 Å². The molecular formula is C20H19FN4O2S. The lowest BCUT2D eigenvalue weighted by molar-refractivity contribution is 0.0692. The first kappa shape index (κ1) is 18.4. The summed E-state index contributed by atoms with van der Waals surface area (Å²) in [5.41, 5.74) is 1.74. The van der Waals surface area contributed by atoms with Crippen LogP contribution in [0.5, 0.6) is 0 Å². The number of H-pyrrole nitrogens is 1. The Labute approximate surface area is 165 Å². The molecule has 0 atom stereocenters. The molecule has 0 saturated carbocycles. The fourth-order valence-electron chi connectivity index (χ4n) is 3.26. The van der Waals surface area contributed by atoms with Crippen LogP contribution in [-0.4, -0.2) is 46.0 Å². The van der Waals surface area contributed by atoms with E-state index in [0.717, 1.165) is 5.56 Å². The standard InChI is InChI=1S/C20H19FN4O2S/c21-14-5-3-13(4-6-14)16-12-17(24-23-16)20(27)25-9-7-15(8-10-25)22-19(26)18-2-1-11-28-18/h1-6,11-12,15H,7-10H2,(H,22,26)(H,23,24). The lowest BCUT2D eigenvalue weighted by Crippen LogP contribution is -2.46. The molecule has 1 fully saturated rings. The predicted molar refractivity (Wildman–Crippen MR) is 105 cm³/mol. The Balaban J connectivity index is 1.34. The molecule has 6 nitrogen and oxygen atoms in total. The monoisotopic (exact) mass is 398 g/mol. The second kappa shape index (κ2) is 7.93. The van der Waals surface area contributed by atoms with Gasteiger partial charge in [-0.05, 0) is 54.6 Å². The molecule has 3 heterocycles. The minimum atomic E-state index is -0.315. The third-order valence-electron chi connectivity index (χ3n) is 4.81. The first-order valence-corrected chi connectivity index (χ1v) is 9.93. The van der Waals surface area contributed by atoms with Crippen molar-refractivity contribution in [2.45, 2.75) is 18.9 Å². The molecule has 1 saturated heterocycles. The highest BCUT2D eigenvalue weighted by Gasteiger charge is 2.26. The molecular weight excluding hydrogens is 379 g/mol. The number of nitrogens with one attached hydrogen (secondary N) is 2. The van der Waals surface area contributed by atoms with Gasteiger partial charge in [0.15, 0.2) is 0 Å². The van der Waals surface area contributed by atoms with Gasteiger partial charge in [-0.1, -0.05) is 6.07 Å². The molecule has 1 aliphatic heterocycles. The van der Waals surface area contributed by atoms with E-state index in [-0.39, 0.29) is 23.7 Å². The first-order chi connectivity index (χ1) is 13.6. The third kappa shape index (κ3) is 3.96. The third-order valence-corrected chi connectivity index (χ3v) is 5.68. The zero-order chi connectivity index (χ0) is 19.5. The Hall–Kier alpha value is -3.00. The molecule has 2 amide bonds. The number of nitrogens with zero attached hydrogens (tertiary/aromatic N) is 2. The van der Waals surface area contributed by atoms with Gasteiger partial charge in [0.05, 0.1) is 10.6 Å². The highest BCUT2D eigenvalue weighted by molar-refractivity contribution is 7.12. The number of hydrogen-bond donors (Lipinski definition) is 2. The zero-order valence-corrected chi connectivity index (χ0v) is 15.8. The summed E-state index contributed by atoms with van der Waals surface area (Å²) in [6, 6.07) is 11.4. The number of aromatic nitrogens is 2. The molecule has 8 heteroatoms. The number of piperidine rings is 1. The number of amides is 2. The molecule has 2 N–H and O–H groups in total. The minimum absolute atomic E-state index is 0.0581. The highest BCUT2D eigenvalue weighted by Crippen LogP contribution is 2.20. The summed E-state index contributed by atoms with van der Waals surface area (Å²) in [5, 5.41) is 11.8. The average molecular weight is 398 g/mol. The molecule has 28 heavy (non-hydrogen) atoms. The summed E-state index contributed by atoms with van der Waals surface area (Å²) in [7, 11) is 0. The van der Waals surface area contributed by atoms with Crippen LogP contribution >= 0.6 is 11.3 Å². The van der Waals surface area contributed by atoms with Gasteiger partial charge in [-0.3, -0.25) is 14.7 Å². The average Bonchev–Trinajstić information content (AvgIpc) is 3.41. The van der Waals surface area contributed by atoms with E-state index in [1.54, 1.807) is 29.2 Å². The summed E-state index contributed by atoms with van der Waals surface area (Å²) in [6.45, 7) is 1.14. The lowest BCUT2D eigenvalue weighted by Gasteiger charge is -2.32. The number of rotatable bonds is 4. The second-order valence-electron chi connectivity index (χ2n) is 6.69. The number of likely N-dealkylation sites (tertiary alicyclic amines) is 1. The van der Waals surface area contributed by atoms with Gasteiger partial charge in [-0.25, -0.2) is 4.39 Å². The first-order valence-electron chi connectivity index (χ1n) is 9.05. The second-order valence-corrected chi connectivity index (χ2v) is 7.64. The fourth-order valence-corrected chi connectivity index (χ4v) is 3.89. The molecule has 0 bridgehead atoms. The molecule has 0 spiro atoms. The number of hydrogen-bond acceptors (Lipinski definition) is 4. The topological polar surface area (TPSA) is 78.1 Å². The van der Waals surface area contributed by atoms with Gasteiger partial charge in [0, 0.05) is 24.7 Å². The number of carbonyl (C=O) groups is 2. The molecule has 4 rings (SSSR count). The number of carbonyl (C=O) groups excluding carboxylic acids is 2. The smallest absolute Gasteiger partial charge is 0.271 e. The van der Waals surface area contributed by atoms with Crippen molar-refractivity contribution in [1.82, 2.24) is 20.4 Å². The Kier molecular flexibility index (Phi) is 5.21. The Morgan fingerprint density at radius 2 is 1.93 bits per heavy atom. The molecule has 0 radical (unpaired) electrons. The molecule has 144 valence electrons. The highest BCUT2D eigenvalue weighted by atomic mass is 32.1. The Morgan fingerprint density at radius 3 is 2.61 bits per heavy atom. The van der Waals surface area contributed by atoms with E-state index in [9.17, 15) is 14.0 Å². The summed E-state index contributed by atoms with van der Waals surface area (Å²) in [6.07, 6.45) is 1.42. The van der Waals surface area contributed by atoms with Crippen molar-refractivity contribution in [3.63, 3.8) is 0 Å². The largest absolute Gasteiger partial charge is 0.348 e. The maximum Gasteiger partial charge on any atom is 0.271 e. The van der Waals surface area contributed by atoms with Crippen LogP contribution in [0.1, 0.15) is 33.0 Å². The van der Waals surface area contributed by atoms with Crippen molar-refractivity contribution in [3.8, 4) is 11.3 Å². The predicted octanol–water partition coefficient (Wildman–Crippen LogP) is 3.31. The number of halogens is 1. The molecule has 2 aromatic heterocycles. The van der Waals surface area contributed by atoms with Crippen LogP contribution in [0, 0.1) is 5.82 Å². The van der Waals surface area contributed by atoms with Crippen LogP contribution in [0.25, 0.3) is 11.3 Å². The van der Waals surface area contributed by atoms with Gasteiger partial charge in [-0.15, -0.1) is 11.3 Å². The van der Waals surface area contributed by atoms with Crippen molar-refractivity contribution in [1.29, 1.82) is 0 Å². The van der Waals surface area contributed by atoms with Crippen molar-refractivity contribution >= 4 is 23.2 Å². The van der Waals surface area contributed by atoms with Crippen molar-refractivity contribution in [2.75, 3.05) is 13.1 Å². The minimum Gasteiger partial charge on any atom is -0.348 e. The summed E-state index contributed by atoms with van der Waals surface area (Å²) >= 11 is 1.42. The van der Waals surface area contributed by atoms with E-state index in [2.05, 4.69) is 15.5 Å². The summed E-state index contributed by atoms with van der Waals surface area (Å²) in [5.74, 6) is -0.495. The zero-order valence-electron chi connectivity index (χ0n) is 15.0. The van der Waals surface area contributed by atoms with Crippen molar-refractivity contribution in [2.24, 2.45) is 0 Å². The van der Waals surface area contributed by atoms with Gasteiger partial charge in [0.1, 0.15) is 11.5 Å². The number of thiophene rings is 1. The van der Waals surface area contributed by atoms with Gasteiger partial charge in [0.25, 0.3) is 11.8 Å². The van der Waals surface area contributed by atoms with Gasteiger partial charge >= 0.3 is 0 Å². The van der Waals surface area contributed by atoms with Crippen LogP contribution in [0.15, 0.2) is 47.8 Å². The van der Waals surface area contributed by atoms with E-state index < -0.39 is 0 Å². The van der Waals surface area contributed by atoms with Gasteiger partial charge in [-0.2, -0.15) is 5.10 Å². The van der Waals surface area contributed by atoms with Crippen molar-refractivity contribution in [3.05, 3.63) is 64.2 Å². The van der Waals surface area contributed by atoms with E-state index in [1.807, 2.05) is 11.4 Å². The molecule has 0 aliphatic carbocycles. The van der Waals surface area contributed by atoms with Gasteiger partial charge < -0.3 is 10.2 Å². The van der Waals surface area contributed by atoms with E-state index in [4.69, 9.17) is 0 Å². The van der Waals surface area contributed by atoms with Crippen molar-refractivity contribution < 1.29 is 14.0 Å². The quantitative estimate of drug-likeness (QED) is 0.708. The van der Waals surface area contributed by atoms with Crippen LogP contribution in [0.2, 0.25) is 0 Å². The normalized spacial score (nSPS) is 14.8. The van der Waals surface area contributed by atoms with Crippen LogP contribution in [0.3, 0.4) is 0 Å².